The molecule has 0 spiro atoms. The third-order valence-electron chi connectivity index (χ3n) is 3.63. The van der Waals surface area contributed by atoms with E-state index in [-0.39, 0.29) is 5.84 Å². The molecule has 2 aromatic rings. The Balaban J connectivity index is 1.60. The lowest BCUT2D eigenvalue weighted by Gasteiger charge is -2.11. The zero-order valence-electron chi connectivity index (χ0n) is 14.7. The van der Waals surface area contributed by atoms with Crippen molar-refractivity contribution in [2.45, 2.75) is 26.2 Å². The normalized spacial score (nSPS) is 10.3. The molecule has 0 heterocycles. The van der Waals surface area contributed by atoms with Gasteiger partial charge in [-0.25, -0.2) is 0 Å². The molecule has 2 aromatic carbocycles. The fourth-order valence-corrected chi connectivity index (χ4v) is 2.33. The summed E-state index contributed by atoms with van der Waals surface area (Å²) in [7, 11) is 0. The molecule has 5 heteroatoms. The Kier molecular flexibility index (Phi) is 7.63. The molecule has 2 rings (SSSR count). The fourth-order valence-electron chi connectivity index (χ4n) is 2.33. The van der Waals surface area contributed by atoms with E-state index in [1.165, 1.54) is 0 Å². The van der Waals surface area contributed by atoms with Crippen LogP contribution in [0, 0.1) is 5.41 Å². The molecule has 0 amide bonds. The molecule has 0 atom stereocenters. The van der Waals surface area contributed by atoms with Crippen LogP contribution in [0.1, 0.15) is 31.7 Å². The van der Waals surface area contributed by atoms with E-state index in [4.69, 9.17) is 25.4 Å². The molecule has 0 aliphatic rings. The van der Waals surface area contributed by atoms with Gasteiger partial charge in [0.25, 0.3) is 0 Å². The van der Waals surface area contributed by atoms with Gasteiger partial charge in [-0.3, -0.25) is 5.41 Å². The van der Waals surface area contributed by atoms with Gasteiger partial charge >= 0.3 is 0 Å². The summed E-state index contributed by atoms with van der Waals surface area (Å²) >= 11 is 0. The maximum atomic E-state index is 7.35. The zero-order valence-corrected chi connectivity index (χ0v) is 14.7. The van der Waals surface area contributed by atoms with E-state index in [0.29, 0.717) is 25.4 Å². The number of rotatable bonds is 11. The molecule has 25 heavy (non-hydrogen) atoms. The monoisotopic (exact) mass is 342 g/mol. The van der Waals surface area contributed by atoms with Crippen LogP contribution in [0.25, 0.3) is 0 Å². The van der Waals surface area contributed by atoms with Crippen LogP contribution in [0.2, 0.25) is 0 Å². The summed E-state index contributed by atoms with van der Waals surface area (Å²) in [6, 6.07) is 15.0. The van der Waals surface area contributed by atoms with Crippen LogP contribution >= 0.6 is 0 Å². The fraction of sp³-hybridized carbons (Fsp3) is 0.350. The highest BCUT2D eigenvalue weighted by Crippen LogP contribution is 2.26. The molecule has 3 N–H and O–H groups in total. The molecule has 0 aliphatic carbocycles. The van der Waals surface area contributed by atoms with Gasteiger partial charge in [-0.05, 0) is 62.6 Å². The second kappa shape index (κ2) is 10.2. The Bertz CT molecular complexity index is 656. The minimum absolute atomic E-state index is 0.0671. The molecule has 0 bridgehead atoms. The lowest BCUT2D eigenvalue weighted by atomic mass is 10.2. The van der Waals surface area contributed by atoms with Gasteiger partial charge in [-0.1, -0.05) is 12.1 Å². The Hall–Kier alpha value is -2.69. The molecule has 5 nitrogen and oxygen atoms in total. The first-order valence-electron chi connectivity index (χ1n) is 8.62. The first-order valence-corrected chi connectivity index (χ1v) is 8.62. The van der Waals surface area contributed by atoms with E-state index in [2.05, 4.69) is 0 Å². The number of nitrogens with two attached hydrogens (primary N) is 1. The molecular weight excluding hydrogens is 316 g/mol. The number of para-hydroxylation sites is 2. The molecule has 0 saturated heterocycles. The number of unbranched alkanes of at least 4 members (excludes halogenated alkanes) is 2. The lowest BCUT2D eigenvalue weighted by Crippen LogP contribution is -2.10. The van der Waals surface area contributed by atoms with E-state index in [0.717, 1.165) is 36.5 Å². The summed E-state index contributed by atoms with van der Waals surface area (Å²) < 4.78 is 17.0. The average molecular weight is 342 g/mol. The van der Waals surface area contributed by atoms with Gasteiger partial charge in [0.1, 0.15) is 11.6 Å². The Morgan fingerprint density at radius 1 is 0.840 bits per heavy atom. The van der Waals surface area contributed by atoms with Crippen molar-refractivity contribution in [3.63, 3.8) is 0 Å². The van der Waals surface area contributed by atoms with Crippen molar-refractivity contribution in [2.24, 2.45) is 5.73 Å². The molecule has 0 aliphatic heterocycles. The molecule has 0 unspecified atom stereocenters. The van der Waals surface area contributed by atoms with Crippen LogP contribution in [0.15, 0.2) is 48.5 Å². The van der Waals surface area contributed by atoms with Crippen molar-refractivity contribution in [1.82, 2.24) is 0 Å². The molecule has 134 valence electrons. The molecular formula is C20H26N2O3. The highest BCUT2D eigenvalue weighted by atomic mass is 16.5. The number of benzene rings is 2. The quantitative estimate of drug-likeness (QED) is 0.368. The van der Waals surface area contributed by atoms with Gasteiger partial charge in [0.15, 0.2) is 11.5 Å². The maximum absolute atomic E-state index is 7.35. The van der Waals surface area contributed by atoms with Crippen molar-refractivity contribution in [2.75, 3.05) is 19.8 Å². The van der Waals surface area contributed by atoms with Gasteiger partial charge in [0, 0.05) is 5.56 Å². The maximum Gasteiger partial charge on any atom is 0.161 e. The highest BCUT2D eigenvalue weighted by Gasteiger charge is 2.03. The topological polar surface area (TPSA) is 77.6 Å². The van der Waals surface area contributed by atoms with Crippen LogP contribution in [-0.4, -0.2) is 25.7 Å². The van der Waals surface area contributed by atoms with Gasteiger partial charge < -0.3 is 19.9 Å². The first-order chi connectivity index (χ1) is 12.2. The third kappa shape index (κ3) is 6.37. The summed E-state index contributed by atoms with van der Waals surface area (Å²) in [6.07, 6.45) is 2.96. The van der Waals surface area contributed by atoms with E-state index in [1.54, 1.807) is 12.1 Å². The predicted octanol–water partition coefficient (Wildman–Crippen LogP) is 4.00. The van der Waals surface area contributed by atoms with Gasteiger partial charge in [0.2, 0.25) is 0 Å². The third-order valence-corrected chi connectivity index (χ3v) is 3.63. The lowest BCUT2D eigenvalue weighted by molar-refractivity contribution is 0.261. The van der Waals surface area contributed by atoms with E-state index in [1.807, 2.05) is 43.3 Å². The van der Waals surface area contributed by atoms with Crippen LogP contribution in [-0.2, 0) is 0 Å². The van der Waals surface area contributed by atoms with Crippen LogP contribution < -0.4 is 19.9 Å². The summed E-state index contributed by atoms with van der Waals surface area (Å²) in [5.41, 5.74) is 6.13. The summed E-state index contributed by atoms with van der Waals surface area (Å²) in [6.45, 7) is 3.92. The van der Waals surface area contributed by atoms with E-state index < -0.39 is 0 Å². The molecule has 0 aromatic heterocycles. The first kappa shape index (κ1) is 18.6. The Morgan fingerprint density at radius 2 is 1.44 bits per heavy atom. The van der Waals surface area contributed by atoms with Crippen LogP contribution in [0.5, 0.6) is 17.2 Å². The van der Waals surface area contributed by atoms with Crippen molar-refractivity contribution >= 4 is 5.84 Å². The Labute approximate surface area is 149 Å². The minimum Gasteiger partial charge on any atom is -0.494 e. The predicted molar refractivity (Wildman–Crippen MR) is 99.9 cm³/mol. The molecule has 0 radical (unpaired) electrons. The van der Waals surface area contributed by atoms with Crippen molar-refractivity contribution in [1.29, 1.82) is 5.41 Å². The number of amidine groups is 1. The standard InChI is InChI=1S/C20H26N2O3/c1-2-23-18-8-4-5-9-19(18)25-15-7-3-6-14-24-17-12-10-16(11-13-17)20(21)22/h4-5,8-13H,2-3,6-7,14-15H2,1H3,(H3,21,22). The van der Waals surface area contributed by atoms with Gasteiger partial charge in [-0.15, -0.1) is 0 Å². The number of ether oxygens (including phenoxy) is 3. The van der Waals surface area contributed by atoms with Crippen molar-refractivity contribution in [3.8, 4) is 17.2 Å². The molecule has 0 saturated carbocycles. The largest absolute Gasteiger partial charge is 0.494 e. The number of nitrogens with one attached hydrogen (secondary N) is 1. The smallest absolute Gasteiger partial charge is 0.161 e. The summed E-state index contributed by atoms with van der Waals surface area (Å²) in [4.78, 5) is 0. The van der Waals surface area contributed by atoms with Crippen LogP contribution in [0.4, 0.5) is 0 Å². The number of hydrogen-bond donors (Lipinski definition) is 2. The van der Waals surface area contributed by atoms with Crippen molar-refractivity contribution in [3.05, 3.63) is 54.1 Å². The van der Waals surface area contributed by atoms with Crippen LogP contribution in [0.3, 0.4) is 0 Å². The second-order valence-electron chi connectivity index (χ2n) is 5.58. The number of nitrogen functional groups attached to an aromatic ring is 1. The molecule has 0 fully saturated rings. The SMILES string of the molecule is CCOc1ccccc1OCCCCCOc1ccc(C(=N)N)cc1. The minimum atomic E-state index is 0.0671. The second-order valence-corrected chi connectivity index (χ2v) is 5.58. The highest BCUT2D eigenvalue weighted by molar-refractivity contribution is 5.94. The Morgan fingerprint density at radius 3 is 2.04 bits per heavy atom. The summed E-state index contributed by atoms with van der Waals surface area (Å²) in [5.74, 6) is 2.46. The van der Waals surface area contributed by atoms with E-state index >= 15 is 0 Å². The van der Waals surface area contributed by atoms with E-state index in [9.17, 15) is 0 Å². The zero-order chi connectivity index (χ0) is 17.9. The van der Waals surface area contributed by atoms with Gasteiger partial charge in [0.05, 0.1) is 19.8 Å². The number of hydrogen-bond acceptors (Lipinski definition) is 4. The average Bonchev–Trinajstić information content (AvgIpc) is 2.63. The van der Waals surface area contributed by atoms with Crippen molar-refractivity contribution < 1.29 is 14.2 Å². The van der Waals surface area contributed by atoms with Gasteiger partial charge in [-0.2, -0.15) is 0 Å². The summed E-state index contributed by atoms with van der Waals surface area (Å²) in [5, 5.41) is 7.35.